The van der Waals surface area contributed by atoms with Crippen LogP contribution in [0.4, 0.5) is 0 Å². The summed E-state index contributed by atoms with van der Waals surface area (Å²) in [5, 5.41) is 19.5. The molecule has 0 spiro atoms. The van der Waals surface area contributed by atoms with Gasteiger partial charge in [0.2, 0.25) is 17.7 Å². The third-order valence-electron chi connectivity index (χ3n) is 4.10. The van der Waals surface area contributed by atoms with Gasteiger partial charge in [-0.25, -0.2) is 0 Å². The fraction of sp³-hybridized carbons (Fsp3) is 0.750. The lowest BCUT2D eigenvalue weighted by molar-refractivity contribution is -0.141. The first-order valence-electron chi connectivity index (χ1n) is 8.62. The van der Waals surface area contributed by atoms with E-state index in [0.29, 0.717) is 12.2 Å². The third kappa shape index (κ3) is 7.20. The van der Waals surface area contributed by atoms with Crippen molar-refractivity contribution in [3.63, 3.8) is 0 Å². The Morgan fingerprint density at radius 3 is 2.31 bits per heavy atom. The topological polar surface area (TPSA) is 137 Å². The normalized spacial score (nSPS) is 19.9. The van der Waals surface area contributed by atoms with E-state index in [1.165, 1.54) is 13.8 Å². The number of carbonyl (C=O) groups excluding carboxylic acids is 3. The number of carbonyl (C=O) groups is 4. The smallest absolute Gasteiger partial charge is 0.325 e. The Labute approximate surface area is 157 Å². The lowest BCUT2D eigenvalue weighted by Gasteiger charge is -2.23. The SMILES string of the molecule is CSCCC(NC(=O)C1CCCN1)C(=O)NC(C)C(=O)NC(C)C(=O)O. The van der Waals surface area contributed by atoms with E-state index in [-0.39, 0.29) is 11.9 Å². The maximum Gasteiger partial charge on any atom is 0.325 e. The number of carboxylic acid groups (broad SMARTS) is 1. The summed E-state index contributed by atoms with van der Waals surface area (Å²) in [7, 11) is 0. The molecule has 5 N–H and O–H groups in total. The molecule has 0 saturated carbocycles. The molecule has 0 aromatic carbocycles. The standard InChI is InChI=1S/C16H28N4O5S/c1-9(13(21)19-10(2)16(24)25)18-15(23)12(6-8-26-3)20-14(22)11-5-4-7-17-11/h9-12,17H,4-8H2,1-3H3,(H,18,23)(H,19,21)(H,20,22)(H,24,25). The first-order valence-corrected chi connectivity index (χ1v) is 10.0. The molecule has 1 aliphatic heterocycles. The van der Waals surface area contributed by atoms with E-state index in [0.717, 1.165) is 19.4 Å². The maximum absolute atomic E-state index is 12.5. The van der Waals surface area contributed by atoms with Crippen molar-refractivity contribution in [3.8, 4) is 0 Å². The van der Waals surface area contributed by atoms with Gasteiger partial charge in [0.15, 0.2) is 0 Å². The van der Waals surface area contributed by atoms with Gasteiger partial charge in [-0.1, -0.05) is 0 Å². The van der Waals surface area contributed by atoms with Crippen LogP contribution in [-0.4, -0.2) is 71.5 Å². The van der Waals surface area contributed by atoms with E-state index in [4.69, 9.17) is 5.11 Å². The fourth-order valence-corrected chi connectivity index (χ4v) is 2.94. The molecule has 0 aromatic rings. The molecule has 1 rings (SSSR count). The summed E-state index contributed by atoms with van der Waals surface area (Å²) in [5.41, 5.74) is 0. The van der Waals surface area contributed by atoms with E-state index < -0.39 is 35.9 Å². The Balaban J connectivity index is 2.61. The van der Waals surface area contributed by atoms with Gasteiger partial charge < -0.3 is 26.4 Å². The Morgan fingerprint density at radius 1 is 1.12 bits per heavy atom. The molecule has 3 amide bonds. The highest BCUT2D eigenvalue weighted by Gasteiger charge is 2.29. The zero-order chi connectivity index (χ0) is 19.7. The minimum atomic E-state index is -1.16. The van der Waals surface area contributed by atoms with Crippen LogP contribution in [0.2, 0.25) is 0 Å². The van der Waals surface area contributed by atoms with Crippen LogP contribution < -0.4 is 21.3 Å². The lowest BCUT2D eigenvalue weighted by atomic mass is 10.1. The molecule has 26 heavy (non-hydrogen) atoms. The van der Waals surface area contributed by atoms with Crippen molar-refractivity contribution in [2.45, 2.75) is 57.3 Å². The highest BCUT2D eigenvalue weighted by molar-refractivity contribution is 7.98. The zero-order valence-corrected chi connectivity index (χ0v) is 16.1. The van der Waals surface area contributed by atoms with Gasteiger partial charge >= 0.3 is 5.97 Å². The number of carboxylic acids is 1. The van der Waals surface area contributed by atoms with Gasteiger partial charge in [-0.05, 0) is 51.7 Å². The van der Waals surface area contributed by atoms with Gasteiger partial charge in [0.1, 0.15) is 18.1 Å². The largest absolute Gasteiger partial charge is 0.480 e. The van der Waals surface area contributed by atoms with Crippen molar-refractivity contribution >= 4 is 35.5 Å². The Kier molecular flexibility index (Phi) is 9.42. The molecule has 1 saturated heterocycles. The lowest BCUT2D eigenvalue weighted by Crippen LogP contribution is -2.56. The molecule has 4 atom stereocenters. The molecule has 0 radical (unpaired) electrons. The summed E-state index contributed by atoms with van der Waals surface area (Å²) in [6.45, 7) is 3.58. The van der Waals surface area contributed by atoms with Crippen LogP contribution in [0.5, 0.6) is 0 Å². The van der Waals surface area contributed by atoms with E-state index in [1.807, 2.05) is 6.26 Å². The fourth-order valence-electron chi connectivity index (χ4n) is 2.46. The Morgan fingerprint density at radius 2 is 1.77 bits per heavy atom. The quantitative estimate of drug-likeness (QED) is 0.326. The molecule has 1 aliphatic rings. The van der Waals surface area contributed by atoms with Crippen molar-refractivity contribution in [1.29, 1.82) is 0 Å². The van der Waals surface area contributed by atoms with Crippen LogP contribution in [0, 0.1) is 0 Å². The second kappa shape index (κ2) is 11.0. The minimum absolute atomic E-state index is 0.222. The number of thioether (sulfide) groups is 1. The van der Waals surface area contributed by atoms with Gasteiger partial charge in [-0.15, -0.1) is 0 Å². The van der Waals surface area contributed by atoms with Crippen LogP contribution in [0.1, 0.15) is 33.1 Å². The van der Waals surface area contributed by atoms with Gasteiger partial charge in [0.25, 0.3) is 0 Å². The van der Waals surface area contributed by atoms with Crippen LogP contribution in [-0.2, 0) is 19.2 Å². The summed E-state index contributed by atoms with van der Waals surface area (Å²) in [5.74, 6) is -1.77. The number of hydrogen-bond acceptors (Lipinski definition) is 6. The maximum atomic E-state index is 12.5. The van der Waals surface area contributed by atoms with Crippen molar-refractivity contribution < 1.29 is 24.3 Å². The number of hydrogen-bond donors (Lipinski definition) is 5. The summed E-state index contributed by atoms with van der Waals surface area (Å²) in [4.78, 5) is 47.5. The molecule has 0 aromatic heterocycles. The highest BCUT2D eigenvalue weighted by atomic mass is 32.2. The van der Waals surface area contributed by atoms with E-state index in [9.17, 15) is 19.2 Å². The molecule has 148 valence electrons. The molecule has 4 unspecified atom stereocenters. The second-order valence-electron chi connectivity index (χ2n) is 6.29. The molecule has 0 bridgehead atoms. The van der Waals surface area contributed by atoms with Crippen LogP contribution in [0.3, 0.4) is 0 Å². The number of nitrogens with one attached hydrogen (secondary N) is 4. The van der Waals surface area contributed by atoms with Gasteiger partial charge in [-0.2, -0.15) is 11.8 Å². The number of amides is 3. The summed E-state index contributed by atoms with van der Waals surface area (Å²) in [6, 6.07) is -3.01. The monoisotopic (exact) mass is 388 g/mol. The second-order valence-corrected chi connectivity index (χ2v) is 7.28. The Hall–Kier alpha value is -1.81. The molecule has 10 heteroatoms. The highest BCUT2D eigenvalue weighted by Crippen LogP contribution is 2.07. The minimum Gasteiger partial charge on any atom is -0.480 e. The van der Waals surface area contributed by atoms with Gasteiger partial charge in [0.05, 0.1) is 6.04 Å². The van der Waals surface area contributed by atoms with Gasteiger partial charge in [-0.3, -0.25) is 19.2 Å². The van der Waals surface area contributed by atoms with Crippen molar-refractivity contribution in [3.05, 3.63) is 0 Å². The summed E-state index contributed by atoms with van der Waals surface area (Å²) >= 11 is 1.55. The predicted octanol–water partition coefficient (Wildman–Crippen LogP) is -0.930. The average molecular weight is 388 g/mol. The van der Waals surface area contributed by atoms with Crippen molar-refractivity contribution in [2.24, 2.45) is 0 Å². The van der Waals surface area contributed by atoms with Crippen molar-refractivity contribution in [1.82, 2.24) is 21.3 Å². The van der Waals surface area contributed by atoms with E-state index >= 15 is 0 Å². The molecular weight excluding hydrogens is 360 g/mol. The molecule has 1 fully saturated rings. The summed E-state index contributed by atoms with van der Waals surface area (Å²) in [6.07, 6.45) is 3.98. The number of rotatable bonds is 10. The third-order valence-corrected chi connectivity index (χ3v) is 4.75. The summed E-state index contributed by atoms with van der Waals surface area (Å²) < 4.78 is 0. The predicted molar refractivity (Wildman–Crippen MR) is 98.8 cm³/mol. The van der Waals surface area contributed by atoms with E-state index in [1.54, 1.807) is 11.8 Å². The van der Waals surface area contributed by atoms with Gasteiger partial charge in [0, 0.05) is 0 Å². The molecule has 9 nitrogen and oxygen atoms in total. The first kappa shape index (κ1) is 22.2. The number of aliphatic carboxylic acids is 1. The zero-order valence-electron chi connectivity index (χ0n) is 15.3. The molecular formula is C16H28N4O5S. The van der Waals surface area contributed by atoms with E-state index in [2.05, 4.69) is 21.3 Å². The molecule has 1 heterocycles. The van der Waals surface area contributed by atoms with Crippen LogP contribution in [0.15, 0.2) is 0 Å². The van der Waals surface area contributed by atoms with Crippen LogP contribution >= 0.6 is 11.8 Å². The van der Waals surface area contributed by atoms with Crippen molar-refractivity contribution in [2.75, 3.05) is 18.6 Å². The molecule has 0 aliphatic carbocycles. The Bertz CT molecular complexity index is 525. The van der Waals surface area contributed by atoms with Crippen LogP contribution in [0.25, 0.3) is 0 Å². The average Bonchev–Trinajstić information content (AvgIpc) is 3.12. The first-order chi connectivity index (χ1) is 12.3.